The molecule has 0 spiro atoms. The van der Waals surface area contributed by atoms with E-state index in [0.29, 0.717) is 12.4 Å². The minimum atomic E-state index is -0.731. The van der Waals surface area contributed by atoms with Crippen molar-refractivity contribution in [2.24, 2.45) is 0 Å². The van der Waals surface area contributed by atoms with Gasteiger partial charge >= 0.3 is 0 Å². The average molecular weight is 296 g/mol. The normalized spacial score (nSPS) is 20.6. The van der Waals surface area contributed by atoms with Crippen molar-refractivity contribution in [1.29, 1.82) is 0 Å². The number of hydrogen-bond donors (Lipinski definition) is 1. The van der Waals surface area contributed by atoms with E-state index in [0.717, 1.165) is 25.9 Å². The zero-order valence-electron chi connectivity index (χ0n) is 11.9. The van der Waals surface area contributed by atoms with Crippen LogP contribution in [0.4, 0.5) is 4.39 Å². The molecule has 5 heteroatoms. The SMILES string of the molecule is OC(C=CCOC1CCCCO1)COc1ccc(F)cc1. The Balaban J connectivity index is 1.60. The fraction of sp³-hybridized carbons (Fsp3) is 0.500. The molecule has 1 aromatic rings. The standard InChI is InChI=1S/C16H21FO4/c17-13-6-8-15(9-7-13)21-12-14(18)4-3-11-20-16-5-1-2-10-19-16/h3-4,6-9,14,16,18H,1-2,5,10-12H2. The van der Waals surface area contributed by atoms with Gasteiger partial charge in [-0.15, -0.1) is 0 Å². The molecule has 2 atom stereocenters. The first-order chi connectivity index (χ1) is 10.2. The molecule has 0 saturated carbocycles. The molecule has 1 aromatic carbocycles. The minimum Gasteiger partial charge on any atom is -0.491 e. The van der Waals surface area contributed by atoms with E-state index in [1.54, 1.807) is 12.2 Å². The van der Waals surface area contributed by atoms with Gasteiger partial charge in [-0.3, -0.25) is 0 Å². The molecule has 0 amide bonds. The van der Waals surface area contributed by atoms with E-state index < -0.39 is 6.10 Å². The second-order valence-electron chi connectivity index (χ2n) is 4.89. The lowest BCUT2D eigenvalue weighted by molar-refractivity contribution is -0.155. The Hall–Kier alpha value is -1.43. The Morgan fingerprint density at radius 2 is 2.14 bits per heavy atom. The van der Waals surface area contributed by atoms with Crippen LogP contribution in [0.2, 0.25) is 0 Å². The number of aliphatic hydroxyl groups excluding tert-OH is 1. The van der Waals surface area contributed by atoms with E-state index in [4.69, 9.17) is 14.2 Å². The first-order valence-electron chi connectivity index (χ1n) is 7.20. The van der Waals surface area contributed by atoms with Gasteiger partial charge in [0.15, 0.2) is 6.29 Å². The second kappa shape index (κ2) is 8.77. The summed E-state index contributed by atoms with van der Waals surface area (Å²) in [4.78, 5) is 0. The number of hydrogen-bond acceptors (Lipinski definition) is 4. The number of ether oxygens (including phenoxy) is 3. The van der Waals surface area contributed by atoms with Crippen molar-refractivity contribution in [3.8, 4) is 5.75 Å². The molecule has 2 rings (SSSR count). The van der Waals surface area contributed by atoms with Crippen molar-refractivity contribution in [2.45, 2.75) is 31.7 Å². The number of halogens is 1. The lowest BCUT2D eigenvalue weighted by Crippen LogP contribution is -2.22. The summed E-state index contributed by atoms with van der Waals surface area (Å²) < 4.78 is 29.0. The number of aliphatic hydroxyl groups is 1. The lowest BCUT2D eigenvalue weighted by Gasteiger charge is -2.21. The highest BCUT2D eigenvalue weighted by Gasteiger charge is 2.12. The fourth-order valence-corrected chi connectivity index (χ4v) is 1.99. The van der Waals surface area contributed by atoms with Gasteiger partial charge < -0.3 is 19.3 Å². The Bertz CT molecular complexity index is 426. The zero-order chi connectivity index (χ0) is 14.9. The monoisotopic (exact) mass is 296 g/mol. The van der Waals surface area contributed by atoms with Gasteiger partial charge in [0.2, 0.25) is 0 Å². The van der Waals surface area contributed by atoms with Crippen LogP contribution in [-0.4, -0.2) is 37.3 Å². The highest BCUT2D eigenvalue weighted by molar-refractivity contribution is 5.22. The van der Waals surface area contributed by atoms with E-state index in [2.05, 4.69) is 0 Å². The van der Waals surface area contributed by atoms with E-state index in [1.165, 1.54) is 24.3 Å². The maximum atomic E-state index is 12.7. The first kappa shape index (κ1) is 15.9. The Kier molecular flexibility index (Phi) is 6.66. The molecule has 2 unspecified atom stereocenters. The van der Waals surface area contributed by atoms with E-state index in [9.17, 15) is 9.50 Å². The summed E-state index contributed by atoms with van der Waals surface area (Å²) in [5, 5.41) is 9.73. The van der Waals surface area contributed by atoms with Gasteiger partial charge in [0.25, 0.3) is 0 Å². The topological polar surface area (TPSA) is 47.9 Å². The van der Waals surface area contributed by atoms with Gasteiger partial charge in [-0.25, -0.2) is 4.39 Å². The van der Waals surface area contributed by atoms with E-state index >= 15 is 0 Å². The van der Waals surface area contributed by atoms with Crippen molar-refractivity contribution < 1.29 is 23.7 Å². The zero-order valence-corrected chi connectivity index (χ0v) is 11.9. The molecule has 0 radical (unpaired) electrons. The van der Waals surface area contributed by atoms with Crippen molar-refractivity contribution in [2.75, 3.05) is 19.8 Å². The van der Waals surface area contributed by atoms with Crippen LogP contribution < -0.4 is 4.74 Å². The fourth-order valence-electron chi connectivity index (χ4n) is 1.99. The predicted molar refractivity (Wildman–Crippen MR) is 76.6 cm³/mol. The van der Waals surface area contributed by atoms with Gasteiger partial charge in [-0.1, -0.05) is 12.2 Å². The van der Waals surface area contributed by atoms with Crippen molar-refractivity contribution in [3.05, 3.63) is 42.2 Å². The van der Waals surface area contributed by atoms with Crippen LogP contribution in [-0.2, 0) is 9.47 Å². The quantitative estimate of drug-likeness (QED) is 0.786. The molecule has 1 aliphatic heterocycles. The highest BCUT2D eigenvalue weighted by atomic mass is 19.1. The molecule has 1 N–H and O–H groups in total. The molecule has 0 aliphatic carbocycles. The summed E-state index contributed by atoms with van der Waals surface area (Å²) >= 11 is 0. The molecule has 1 aliphatic rings. The lowest BCUT2D eigenvalue weighted by atomic mass is 10.2. The molecule has 0 bridgehead atoms. The third-order valence-electron chi connectivity index (χ3n) is 3.11. The largest absolute Gasteiger partial charge is 0.491 e. The molecule has 1 fully saturated rings. The number of benzene rings is 1. The smallest absolute Gasteiger partial charge is 0.157 e. The van der Waals surface area contributed by atoms with Crippen LogP contribution >= 0.6 is 0 Å². The van der Waals surface area contributed by atoms with Gasteiger partial charge in [0.05, 0.1) is 6.61 Å². The summed E-state index contributed by atoms with van der Waals surface area (Å²) in [6.45, 7) is 1.27. The maximum absolute atomic E-state index is 12.7. The van der Waals surface area contributed by atoms with E-state index in [-0.39, 0.29) is 18.7 Å². The summed E-state index contributed by atoms with van der Waals surface area (Å²) in [6.07, 6.45) is 5.65. The highest BCUT2D eigenvalue weighted by Crippen LogP contribution is 2.13. The van der Waals surface area contributed by atoms with Gasteiger partial charge in [0, 0.05) is 6.61 Å². The molecule has 116 valence electrons. The van der Waals surface area contributed by atoms with Crippen molar-refractivity contribution >= 4 is 0 Å². The third-order valence-corrected chi connectivity index (χ3v) is 3.11. The molecule has 1 heterocycles. The van der Waals surface area contributed by atoms with Crippen LogP contribution in [0.15, 0.2) is 36.4 Å². The maximum Gasteiger partial charge on any atom is 0.157 e. The summed E-state index contributed by atoms with van der Waals surface area (Å²) in [5.41, 5.74) is 0. The second-order valence-corrected chi connectivity index (χ2v) is 4.89. The molecule has 0 aromatic heterocycles. The van der Waals surface area contributed by atoms with Crippen LogP contribution in [0.3, 0.4) is 0 Å². The van der Waals surface area contributed by atoms with Crippen LogP contribution in [0.25, 0.3) is 0 Å². The molecule has 4 nitrogen and oxygen atoms in total. The molecule has 1 saturated heterocycles. The third kappa shape index (κ3) is 6.25. The van der Waals surface area contributed by atoms with Crippen LogP contribution in [0.5, 0.6) is 5.75 Å². The summed E-state index contributed by atoms with van der Waals surface area (Å²) in [5.74, 6) is 0.209. The Morgan fingerprint density at radius 3 is 2.86 bits per heavy atom. The molecular formula is C16H21FO4. The molecular weight excluding hydrogens is 275 g/mol. The van der Waals surface area contributed by atoms with Crippen molar-refractivity contribution in [1.82, 2.24) is 0 Å². The van der Waals surface area contributed by atoms with Gasteiger partial charge in [-0.05, 0) is 43.5 Å². The minimum absolute atomic E-state index is 0.113. The van der Waals surface area contributed by atoms with Crippen LogP contribution in [0, 0.1) is 5.82 Å². The summed E-state index contributed by atoms with van der Waals surface area (Å²) in [7, 11) is 0. The predicted octanol–water partition coefficient (Wildman–Crippen LogP) is 2.66. The van der Waals surface area contributed by atoms with Gasteiger partial charge in [-0.2, -0.15) is 0 Å². The van der Waals surface area contributed by atoms with Crippen LogP contribution in [0.1, 0.15) is 19.3 Å². The average Bonchev–Trinajstić information content (AvgIpc) is 2.52. The van der Waals surface area contributed by atoms with Gasteiger partial charge in [0.1, 0.15) is 24.3 Å². The Morgan fingerprint density at radius 1 is 1.33 bits per heavy atom. The molecule has 21 heavy (non-hydrogen) atoms. The van der Waals surface area contributed by atoms with Crippen molar-refractivity contribution in [3.63, 3.8) is 0 Å². The first-order valence-corrected chi connectivity index (χ1v) is 7.20. The Labute approximate surface area is 124 Å². The van der Waals surface area contributed by atoms with E-state index in [1.807, 2.05) is 0 Å². The summed E-state index contributed by atoms with van der Waals surface area (Å²) in [6, 6.07) is 5.68. The number of rotatable bonds is 7.